The molecular formula is C14H15N3OS. The Kier molecular flexibility index (Phi) is 3.46. The lowest BCUT2D eigenvalue weighted by Gasteiger charge is -2.05. The Hall–Kier alpha value is -1.88. The molecule has 0 amide bonds. The molecule has 19 heavy (non-hydrogen) atoms. The molecule has 0 radical (unpaired) electrons. The van der Waals surface area contributed by atoms with Gasteiger partial charge in [0.2, 0.25) is 0 Å². The Morgan fingerprint density at radius 1 is 1.26 bits per heavy atom. The van der Waals surface area contributed by atoms with Crippen molar-refractivity contribution in [3.63, 3.8) is 0 Å². The number of aromatic amines is 1. The highest BCUT2D eigenvalue weighted by molar-refractivity contribution is 7.97. The number of para-hydroxylation sites is 1. The molecule has 0 saturated carbocycles. The molecule has 0 aliphatic rings. The summed E-state index contributed by atoms with van der Waals surface area (Å²) in [4.78, 5) is 0. The van der Waals surface area contributed by atoms with Crippen LogP contribution in [-0.4, -0.2) is 16.5 Å². The third-order valence-corrected chi connectivity index (χ3v) is 3.51. The van der Waals surface area contributed by atoms with Gasteiger partial charge in [-0.3, -0.25) is 5.10 Å². The van der Waals surface area contributed by atoms with Crippen LogP contribution in [0.2, 0.25) is 0 Å². The van der Waals surface area contributed by atoms with Crippen LogP contribution < -0.4 is 5.32 Å². The van der Waals surface area contributed by atoms with E-state index in [1.807, 2.05) is 36.5 Å². The van der Waals surface area contributed by atoms with Crippen molar-refractivity contribution >= 4 is 28.4 Å². The Morgan fingerprint density at radius 2 is 2.16 bits per heavy atom. The van der Waals surface area contributed by atoms with Crippen LogP contribution in [0.15, 0.2) is 40.9 Å². The second kappa shape index (κ2) is 5.40. The van der Waals surface area contributed by atoms with E-state index in [9.17, 15) is 0 Å². The highest BCUT2D eigenvalue weighted by atomic mass is 32.2. The number of fused-ring (bicyclic) bond motifs is 1. The summed E-state index contributed by atoms with van der Waals surface area (Å²) in [6, 6.07) is 10.1. The second-order valence-electron chi connectivity index (χ2n) is 4.29. The molecule has 98 valence electrons. The van der Waals surface area contributed by atoms with E-state index in [1.54, 1.807) is 11.8 Å². The van der Waals surface area contributed by atoms with E-state index in [2.05, 4.69) is 21.8 Å². The average Bonchev–Trinajstić information content (AvgIpc) is 3.05. The Morgan fingerprint density at radius 3 is 3.05 bits per heavy atom. The SMILES string of the molecule is CSCc1ccc(CNc2cccc3cn[nH]c23)o1. The number of thioether (sulfide) groups is 1. The van der Waals surface area contributed by atoms with E-state index < -0.39 is 0 Å². The van der Waals surface area contributed by atoms with Crippen molar-refractivity contribution in [2.24, 2.45) is 0 Å². The number of furan rings is 1. The molecule has 1 aromatic carbocycles. The predicted octanol–water partition coefficient (Wildman–Crippen LogP) is 3.63. The first-order valence-electron chi connectivity index (χ1n) is 6.09. The first-order valence-corrected chi connectivity index (χ1v) is 7.48. The molecule has 2 aromatic heterocycles. The van der Waals surface area contributed by atoms with Gasteiger partial charge in [0.15, 0.2) is 0 Å². The van der Waals surface area contributed by atoms with Crippen molar-refractivity contribution in [1.82, 2.24) is 10.2 Å². The molecule has 4 nitrogen and oxygen atoms in total. The van der Waals surface area contributed by atoms with Crippen LogP contribution in [0, 0.1) is 0 Å². The fraction of sp³-hybridized carbons (Fsp3) is 0.214. The molecule has 0 aliphatic carbocycles. The topological polar surface area (TPSA) is 53.9 Å². The maximum atomic E-state index is 5.73. The van der Waals surface area contributed by atoms with E-state index in [4.69, 9.17) is 4.42 Å². The van der Waals surface area contributed by atoms with E-state index in [0.29, 0.717) is 6.54 Å². The lowest BCUT2D eigenvalue weighted by Crippen LogP contribution is -1.98. The molecule has 3 rings (SSSR count). The van der Waals surface area contributed by atoms with Crippen molar-refractivity contribution in [3.8, 4) is 0 Å². The van der Waals surface area contributed by atoms with Crippen LogP contribution in [0.1, 0.15) is 11.5 Å². The fourth-order valence-corrected chi connectivity index (χ4v) is 2.48. The predicted molar refractivity (Wildman–Crippen MR) is 79.3 cm³/mol. The second-order valence-corrected chi connectivity index (χ2v) is 5.16. The highest BCUT2D eigenvalue weighted by Gasteiger charge is 2.04. The Balaban J connectivity index is 1.73. The van der Waals surface area contributed by atoms with Crippen LogP contribution in [0.3, 0.4) is 0 Å². The van der Waals surface area contributed by atoms with Gasteiger partial charge in [-0.2, -0.15) is 16.9 Å². The van der Waals surface area contributed by atoms with Gasteiger partial charge in [0.25, 0.3) is 0 Å². The molecule has 5 heteroatoms. The van der Waals surface area contributed by atoms with Crippen molar-refractivity contribution in [2.75, 3.05) is 11.6 Å². The van der Waals surface area contributed by atoms with Gasteiger partial charge in [-0.1, -0.05) is 12.1 Å². The summed E-state index contributed by atoms with van der Waals surface area (Å²) in [7, 11) is 0. The van der Waals surface area contributed by atoms with Crippen LogP contribution in [0.5, 0.6) is 0 Å². The maximum absolute atomic E-state index is 5.73. The minimum absolute atomic E-state index is 0.673. The van der Waals surface area contributed by atoms with Gasteiger partial charge < -0.3 is 9.73 Å². The summed E-state index contributed by atoms with van der Waals surface area (Å²) >= 11 is 1.76. The summed E-state index contributed by atoms with van der Waals surface area (Å²) in [6.45, 7) is 0.673. The number of H-pyrrole nitrogens is 1. The molecule has 2 heterocycles. The van der Waals surface area contributed by atoms with Crippen molar-refractivity contribution in [2.45, 2.75) is 12.3 Å². The van der Waals surface area contributed by atoms with Crippen LogP contribution >= 0.6 is 11.8 Å². The van der Waals surface area contributed by atoms with Gasteiger partial charge in [0.05, 0.1) is 29.7 Å². The summed E-state index contributed by atoms with van der Waals surface area (Å²) in [5.74, 6) is 2.88. The number of anilines is 1. The zero-order chi connectivity index (χ0) is 13.1. The number of nitrogens with one attached hydrogen (secondary N) is 2. The number of benzene rings is 1. The van der Waals surface area contributed by atoms with Crippen molar-refractivity contribution in [3.05, 3.63) is 48.0 Å². The summed E-state index contributed by atoms with van der Waals surface area (Å²) in [6.07, 6.45) is 3.89. The maximum Gasteiger partial charge on any atom is 0.123 e. The molecular weight excluding hydrogens is 258 g/mol. The van der Waals surface area contributed by atoms with Crippen LogP contribution in [0.25, 0.3) is 10.9 Å². The zero-order valence-corrected chi connectivity index (χ0v) is 11.5. The molecule has 0 fully saturated rings. The van der Waals surface area contributed by atoms with Gasteiger partial charge in [-0.05, 0) is 24.5 Å². The first kappa shape index (κ1) is 12.2. The Bertz CT molecular complexity index is 674. The highest BCUT2D eigenvalue weighted by Crippen LogP contribution is 2.21. The summed E-state index contributed by atoms with van der Waals surface area (Å²) < 4.78 is 5.73. The third-order valence-electron chi connectivity index (χ3n) is 2.93. The van der Waals surface area contributed by atoms with Gasteiger partial charge in [0.1, 0.15) is 11.5 Å². The summed E-state index contributed by atoms with van der Waals surface area (Å²) in [5.41, 5.74) is 2.07. The number of aromatic nitrogens is 2. The smallest absolute Gasteiger partial charge is 0.123 e. The molecule has 2 N–H and O–H groups in total. The van der Waals surface area contributed by atoms with E-state index in [1.165, 1.54) is 0 Å². The monoisotopic (exact) mass is 273 g/mol. The molecule has 0 atom stereocenters. The van der Waals surface area contributed by atoms with Gasteiger partial charge >= 0.3 is 0 Å². The number of hydrogen-bond donors (Lipinski definition) is 2. The van der Waals surface area contributed by atoms with Crippen molar-refractivity contribution in [1.29, 1.82) is 0 Å². The van der Waals surface area contributed by atoms with E-state index in [-0.39, 0.29) is 0 Å². The molecule has 0 aliphatic heterocycles. The van der Waals surface area contributed by atoms with E-state index >= 15 is 0 Å². The average molecular weight is 273 g/mol. The number of hydrogen-bond acceptors (Lipinski definition) is 4. The zero-order valence-electron chi connectivity index (χ0n) is 10.6. The fourth-order valence-electron chi connectivity index (χ4n) is 2.04. The molecule has 0 spiro atoms. The van der Waals surface area contributed by atoms with Gasteiger partial charge in [-0.25, -0.2) is 0 Å². The third kappa shape index (κ3) is 2.61. The largest absolute Gasteiger partial charge is 0.463 e. The molecule has 0 unspecified atom stereocenters. The first-order chi connectivity index (χ1) is 9.36. The van der Waals surface area contributed by atoms with Gasteiger partial charge in [-0.15, -0.1) is 0 Å². The lowest BCUT2D eigenvalue weighted by molar-refractivity contribution is 0.487. The molecule has 0 bridgehead atoms. The quantitative estimate of drug-likeness (QED) is 0.745. The van der Waals surface area contributed by atoms with Crippen LogP contribution in [0.4, 0.5) is 5.69 Å². The summed E-state index contributed by atoms with van der Waals surface area (Å²) in [5, 5.41) is 11.5. The van der Waals surface area contributed by atoms with Crippen LogP contribution in [-0.2, 0) is 12.3 Å². The van der Waals surface area contributed by atoms with Crippen molar-refractivity contribution < 1.29 is 4.42 Å². The number of rotatable bonds is 5. The molecule has 0 saturated heterocycles. The number of nitrogens with zero attached hydrogens (tertiary/aromatic N) is 1. The lowest BCUT2D eigenvalue weighted by atomic mass is 10.2. The minimum Gasteiger partial charge on any atom is -0.463 e. The minimum atomic E-state index is 0.673. The van der Waals surface area contributed by atoms with E-state index in [0.717, 1.165) is 33.9 Å². The standard InChI is InChI=1S/C14H15N3OS/c1-19-9-12-6-5-11(18-12)8-15-13-4-2-3-10-7-16-17-14(10)13/h2-7,15H,8-9H2,1H3,(H,16,17). The van der Waals surface area contributed by atoms with Gasteiger partial charge in [0, 0.05) is 5.39 Å². The Labute approximate surface area is 115 Å². The normalized spacial score (nSPS) is 11.0. The molecule has 3 aromatic rings.